The summed E-state index contributed by atoms with van der Waals surface area (Å²) < 4.78 is 31.8. The maximum Gasteiger partial charge on any atom is 0.177 e. The first-order chi connectivity index (χ1) is 14.6. The zero-order chi connectivity index (χ0) is 22.5. The van der Waals surface area contributed by atoms with E-state index in [1.807, 2.05) is 0 Å². The first-order valence-corrected chi connectivity index (χ1v) is 9.53. The van der Waals surface area contributed by atoms with Crippen molar-refractivity contribution in [3.8, 4) is 0 Å². The van der Waals surface area contributed by atoms with Gasteiger partial charge in [-0.15, -0.1) is 10.2 Å². The lowest BCUT2D eigenvalue weighted by molar-refractivity contribution is 0.0784. The van der Waals surface area contributed by atoms with Gasteiger partial charge in [0.25, 0.3) is 0 Å². The topological polar surface area (TPSA) is 109 Å². The van der Waals surface area contributed by atoms with Crippen molar-refractivity contribution in [1.82, 2.24) is 24.8 Å². The Morgan fingerprint density at radius 2 is 1.94 bits per heavy atom. The van der Waals surface area contributed by atoms with Crippen molar-refractivity contribution in [2.24, 2.45) is 5.16 Å². The molecule has 2 N–H and O–H groups in total. The SMILES string of the molecule is C/C(=N/O)c1ccc2nnc(C(C)c3c(F)cc4ncc(C(C)(C)O)cc4c3F)n2n1. The molecule has 0 spiro atoms. The third-order valence-electron chi connectivity index (χ3n) is 5.25. The Morgan fingerprint density at radius 3 is 2.61 bits per heavy atom. The Kier molecular flexibility index (Phi) is 4.89. The number of halogens is 2. The molecule has 31 heavy (non-hydrogen) atoms. The molecule has 1 atom stereocenters. The van der Waals surface area contributed by atoms with Crippen molar-refractivity contribution in [3.05, 3.63) is 64.7 Å². The van der Waals surface area contributed by atoms with Gasteiger partial charge in [-0.05, 0) is 39.0 Å². The van der Waals surface area contributed by atoms with Crippen LogP contribution < -0.4 is 0 Å². The van der Waals surface area contributed by atoms with Gasteiger partial charge in [-0.3, -0.25) is 4.98 Å². The number of hydrogen-bond acceptors (Lipinski definition) is 7. The lowest BCUT2D eigenvalue weighted by Crippen LogP contribution is -2.16. The number of hydrogen-bond donors (Lipinski definition) is 2. The second-order valence-corrected chi connectivity index (χ2v) is 7.89. The van der Waals surface area contributed by atoms with E-state index in [4.69, 9.17) is 5.21 Å². The molecule has 4 aromatic rings. The minimum atomic E-state index is -1.23. The van der Waals surface area contributed by atoms with Crippen LogP contribution in [0.3, 0.4) is 0 Å². The van der Waals surface area contributed by atoms with Gasteiger partial charge in [0.1, 0.15) is 23.0 Å². The van der Waals surface area contributed by atoms with Crippen molar-refractivity contribution < 1.29 is 19.1 Å². The van der Waals surface area contributed by atoms with Crippen LogP contribution in [0.25, 0.3) is 16.6 Å². The predicted molar refractivity (Wildman–Crippen MR) is 109 cm³/mol. The van der Waals surface area contributed by atoms with Gasteiger partial charge in [0, 0.05) is 34.7 Å². The summed E-state index contributed by atoms with van der Waals surface area (Å²) in [4.78, 5) is 4.10. The number of aliphatic hydroxyl groups is 1. The molecule has 0 aliphatic heterocycles. The van der Waals surface area contributed by atoms with E-state index in [1.54, 1.807) is 39.8 Å². The molecule has 3 aromatic heterocycles. The van der Waals surface area contributed by atoms with Gasteiger partial charge in [0.15, 0.2) is 11.5 Å². The highest BCUT2D eigenvalue weighted by Crippen LogP contribution is 2.33. The van der Waals surface area contributed by atoms with E-state index in [0.29, 0.717) is 16.9 Å². The Labute approximate surface area is 175 Å². The number of pyridine rings is 1. The summed E-state index contributed by atoms with van der Waals surface area (Å²) >= 11 is 0. The van der Waals surface area contributed by atoms with Gasteiger partial charge < -0.3 is 10.3 Å². The fraction of sp³-hybridized carbons (Fsp3) is 0.286. The van der Waals surface area contributed by atoms with Crippen LogP contribution in [0, 0.1) is 11.6 Å². The van der Waals surface area contributed by atoms with Gasteiger partial charge in [0.05, 0.1) is 11.1 Å². The van der Waals surface area contributed by atoms with Crippen LogP contribution in [0.15, 0.2) is 35.6 Å². The van der Waals surface area contributed by atoms with E-state index < -0.39 is 23.2 Å². The molecule has 0 saturated carbocycles. The maximum absolute atomic E-state index is 15.5. The highest BCUT2D eigenvalue weighted by molar-refractivity contribution is 5.96. The third-order valence-corrected chi connectivity index (χ3v) is 5.25. The average molecular weight is 426 g/mol. The van der Waals surface area contributed by atoms with Crippen molar-refractivity contribution in [3.63, 3.8) is 0 Å². The smallest absolute Gasteiger partial charge is 0.177 e. The summed E-state index contributed by atoms with van der Waals surface area (Å²) in [7, 11) is 0. The second kappa shape index (κ2) is 7.31. The van der Waals surface area contributed by atoms with E-state index in [0.717, 1.165) is 6.07 Å². The molecule has 0 amide bonds. The minimum absolute atomic E-state index is 0.0913. The lowest BCUT2D eigenvalue weighted by atomic mass is 9.94. The number of oxime groups is 1. The molecule has 8 nitrogen and oxygen atoms in total. The second-order valence-electron chi connectivity index (χ2n) is 7.89. The number of nitrogens with zero attached hydrogens (tertiary/aromatic N) is 6. The Morgan fingerprint density at radius 1 is 1.19 bits per heavy atom. The van der Waals surface area contributed by atoms with Gasteiger partial charge >= 0.3 is 0 Å². The first kappa shape index (κ1) is 20.7. The van der Waals surface area contributed by atoms with E-state index in [9.17, 15) is 9.50 Å². The van der Waals surface area contributed by atoms with E-state index in [1.165, 1.54) is 16.8 Å². The van der Waals surface area contributed by atoms with Crippen molar-refractivity contribution in [2.75, 3.05) is 0 Å². The molecule has 160 valence electrons. The third kappa shape index (κ3) is 3.48. The van der Waals surface area contributed by atoms with Crippen molar-refractivity contribution >= 4 is 22.3 Å². The zero-order valence-corrected chi connectivity index (χ0v) is 17.3. The van der Waals surface area contributed by atoms with E-state index >= 15 is 4.39 Å². The standard InChI is InChI=1S/C21H20F2N6O2/c1-10(20-26-25-17-6-5-15(11(2)28-31)27-29(17)20)18-14(22)8-16-13(19(18)23)7-12(9-24-16)21(3,4)30/h5-10,30-31H,1-4H3/b28-11-. The molecule has 10 heteroatoms. The van der Waals surface area contributed by atoms with Crippen molar-refractivity contribution in [2.45, 2.75) is 39.2 Å². The fourth-order valence-electron chi connectivity index (χ4n) is 3.39. The Bertz CT molecular complexity index is 1340. The monoisotopic (exact) mass is 426 g/mol. The largest absolute Gasteiger partial charge is 0.411 e. The van der Waals surface area contributed by atoms with Crippen LogP contribution >= 0.6 is 0 Å². The number of benzene rings is 1. The summed E-state index contributed by atoms with van der Waals surface area (Å²) in [5.41, 5.74) is 0.107. The lowest BCUT2D eigenvalue weighted by Gasteiger charge is -2.19. The highest BCUT2D eigenvalue weighted by atomic mass is 19.1. The van der Waals surface area contributed by atoms with Gasteiger partial charge in [-0.1, -0.05) is 12.1 Å². The summed E-state index contributed by atoms with van der Waals surface area (Å²) in [6.45, 7) is 6.28. The summed E-state index contributed by atoms with van der Waals surface area (Å²) in [6, 6.07) is 5.84. The highest BCUT2D eigenvalue weighted by Gasteiger charge is 2.27. The Balaban J connectivity index is 1.90. The van der Waals surface area contributed by atoms with Crippen molar-refractivity contribution in [1.29, 1.82) is 0 Å². The van der Waals surface area contributed by atoms with Crippen LogP contribution in [0.5, 0.6) is 0 Å². The van der Waals surface area contributed by atoms with Gasteiger partial charge in [-0.25, -0.2) is 8.78 Å². The number of rotatable bonds is 4. The summed E-state index contributed by atoms with van der Waals surface area (Å²) in [6.07, 6.45) is 1.40. The molecule has 3 heterocycles. The summed E-state index contributed by atoms with van der Waals surface area (Å²) in [5, 5.41) is 34.9. The van der Waals surface area contributed by atoms with Gasteiger partial charge in [-0.2, -0.15) is 9.61 Å². The molecule has 1 unspecified atom stereocenters. The molecule has 4 rings (SSSR count). The van der Waals surface area contributed by atoms with Crippen LogP contribution in [-0.2, 0) is 5.60 Å². The van der Waals surface area contributed by atoms with Crippen LogP contribution in [0.4, 0.5) is 8.78 Å². The molecule has 0 aliphatic rings. The minimum Gasteiger partial charge on any atom is -0.411 e. The predicted octanol–water partition coefficient (Wildman–Crippen LogP) is 3.53. The average Bonchev–Trinajstić information content (AvgIpc) is 3.15. The number of fused-ring (bicyclic) bond motifs is 2. The first-order valence-electron chi connectivity index (χ1n) is 9.53. The molecule has 0 radical (unpaired) electrons. The Hall–Kier alpha value is -3.53. The van der Waals surface area contributed by atoms with E-state index in [-0.39, 0.29) is 28.0 Å². The fourth-order valence-corrected chi connectivity index (χ4v) is 3.39. The summed E-state index contributed by atoms with van der Waals surface area (Å²) in [5.74, 6) is -2.20. The normalized spacial score (nSPS) is 13.8. The quantitative estimate of drug-likeness (QED) is 0.294. The van der Waals surface area contributed by atoms with Crippen LogP contribution in [0.1, 0.15) is 56.3 Å². The van der Waals surface area contributed by atoms with E-state index in [2.05, 4.69) is 25.4 Å². The molecular formula is C21H20F2N6O2. The van der Waals surface area contributed by atoms with Gasteiger partial charge in [0.2, 0.25) is 0 Å². The number of aromatic nitrogens is 5. The molecule has 0 saturated heterocycles. The molecule has 0 fully saturated rings. The molecular weight excluding hydrogens is 406 g/mol. The maximum atomic E-state index is 15.5. The van der Waals surface area contributed by atoms with Crippen LogP contribution in [0.2, 0.25) is 0 Å². The molecule has 0 aliphatic carbocycles. The van der Waals surface area contributed by atoms with Crippen LogP contribution in [-0.4, -0.2) is 40.8 Å². The molecule has 0 bridgehead atoms. The zero-order valence-electron chi connectivity index (χ0n) is 17.3. The molecule has 1 aromatic carbocycles.